The first kappa shape index (κ1) is 15.0. The first-order chi connectivity index (χ1) is 10.6. The Morgan fingerprint density at radius 1 is 0.773 bits per heavy atom. The summed E-state index contributed by atoms with van der Waals surface area (Å²) in [6.07, 6.45) is 18.3. The topological polar surface area (TPSA) is 0 Å². The van der Waals surface area contributed by atoms with E-state index in [9.17, 15) is 0 Å². The molecule has 0 N–H and O–H groups in total. The maximum Gasteiger partial charge on any atom is -0.00995 e. The van der Waals surface area contributed by atoms with Crippen molar-refractivity contribution in [2.45, 2.75) is 78.6 Å². The molecule has 0 aromatic rings. The smallest absolute Gasteiger partial charge is 0.00995 e. The van der Waals surface area contributed by atoms with Gasteiger partial charge in [0.05, 0.1) is 0 Å². The fourth-order valence-electron chi connectivity index (χ4n) is 7.04. The molecule has 4 aliphatic carbocycles. The van der Waals surface area contributed by atoms with Gasteiger partial charge in [-0.3, -0.25) is 0 Å². The summed E-state index contributed by atoms with van der Waals surface area (Å²) in [7, 11) is 0. The summed E-state index contributed by atoms with van der Waals surface area (Å²) >= 11 is 0. The van der Waals surface area contributed by atoms with Crippen LogP contribution in [0, 0.1) is 35.0 Å². The Morgan fingerprint density at radius 3 is 1.73 bits per heavy atom. The largest absolute Gasteiger partial charge is 0.0692 e. The first-order valence-corrected chi connectivity index (χ1v) is 9.96. The standard InChI is InChI=1S/C22H34/c1-15-12-13-16(14-15)22(2,3)21-19-10-6-4-8-17(19)18-9-5-7-11-20(18)21/h12-13,17-21H,4-11,14H2,1-3H3. The van der Waals surface area contributed by atoms with Crippen molar-refractivity contribution in [3.63, 3.8) is 0 Å². The van der Waals surface area contributed by atoms with Gasteiger partial charge in [0.2, 0.25) is 0 Å². The minimum atomic E-state index is 0.422. The molecule has 4 aliphatic rings. The summed E-state index contributed by atoms with van der Waals surface area (Å²) in [5, 5.41) is 0. The lowest BCUT2D eigenvalue weighted by Gasteiger charge is -2.43. The minimum absolute atomic E-state index is 0.422. The first-order valence-electron chi connectivity index (χ1n) is 9.96. The number of hydrogen-bond acceptors (Lipinski definition) is 0. The minimum Gasteiger partial charge on any atom is -0.0692 e. The average Bonchev–Trinajstić information content (AvgIpc) is 3.09. The zero-order valence-electron chi connectivity index (χ0n) is 14.9. The Kier molecular flexibility index (Phi) is 3.78. The van der Waals surface area contributed by atoms with Crippen LogP contribution in [-0.4, -0.2) is 0 Å². The second-order valence-corrected chi connectivity index (χ2v) is 9.35. The molecule has 0 spiro atoms. The average molecular weight is 299 g/mol. The van der Waals surface area contributed by atoms with Crippen molar-refractivity contribution in [3.05, 3.63) is 23.3 Å². The van der Waals surface area contributed by atoms with E-state index in [1.165, 1.54) is 44.9 Å². The van der Waals surface area contributed by atoms with Crippen molar-refractivity contribution < 1.29 is 0 Å². The van der Waals surface area contributed by atoms with Gasteiger partial charge in [0.1, 0.15) is 0 Å². The van der Waals surface area contributed by atoms with Crippen molar-refractivity contribution in [1.29, 1.82) is 0 Å². The third-order valence-electron chi connectivity index (χ3n) is 7.92. The van der Waals surface area contributed by atoms with Crippen LogP contribution in [0.25, 0.3) is 0 Å². The highest BCUT2D eigenvalue weighted by Gasteiger charge is 2.56. The molecule has 0 heteroatoms. The van der Waals surface area contributed by atoms with Crippen molar-refractivity contribution in [2.24, 2.45) is 35.0 Å². The van der Waals surface area contributed by atoms with Gasteiger partial charge in [-0.1, -0.05) is 62.8 Å². The van der Waals surface area contributed by atoms with Crippen LogP contribution in [0.1, 0.15) is 78.6 Å². The number of hydrogen-bond donors (Lipinski definition) is 0. The fraction of sp³-hybridized carbons (Fsp3) is 0.818. The maximum atomic E-state index is 2.60. The van der Waals surface area contributed by atoms with Gasteiger partial charge in [-0.25, -0.2) is 0 Å². The molecule has 0 aliphatic heterocycles. The summed E-state index contributed by atoms with van der Waals surface area (Å²) in [6, 6.07) is 0. The summed E-state index contributed by atoms with van der Waals surface area (Å²) in [5.74, 6) is 5.21. The van der Waals surface area contributed by atoms with Gasteiger partial charge in [-0.05, 0) is 74.0 Å². The summed E-state index contributed by atoms with van der Waals surface area (Å²) in [6.45, 7) is 7.50. The van der Waals surface area contributed by atoms with Crippen LogP contribution in [0.3, 0.4) is 0 Å². The molecule has 0 nitrogen and oxygen atoms in total. The number of rotatable bonds is 2. The molecule has 0 radical (unpaired) electrons. The summed E-state index contributed by atoms with van der Waals surface area (Å²) < 4.78 is 0. The van der Waals surface area contributed by atoms with Gasteiger partial charge in [0.15, 0.2) is 0 Å². The lowest BCUT2D eigenvalue weighted by molar-refractivity contribution is 0.109. The quantitative estimate of drug-likeness (QED) is 0.543. The Morgan fingerprint density at radius 2 is 1.27 bits per heavy atom. The van der Waals surface area contributed by atoms with E-state index in [0.717, 1.165) is 29.6 Å². The van der Waals surface area contributed by atoms with E-state index >= 15 is 0 Å². The molecular weight excluding hydrogens is 264 g/mol. The molecule has 0 aromatic carbocycles. The SMILES string of the molecule is CC1=CC=C(C(C)(C)C2C3CCCCC3C3CCCCC32)C1. The zero-order valence-corrected chi connectivity index (χ0v) is 14.9. The van der Waals surface area contributed by atoms with E-state index in [1.807, 2.05) is 0 Å². The second-order valence-electron chi connectivity index (χ2n) is 9.35. The molecule has 22 heavy (non-hydrogen) atoms. The van der Waals surface area contributed by atoms with Crippen LogP contribution < -0.4 is 0 Å². The van der Waals surface area contributed by atoms with Crippen LogP contribution in [0.5, 0.6) is 0 Å². The van der Waals surface area contributed by atoms with Gasteiger partial charge < -0.3 is 0 Å². The summed E-state index contributed by atoms with van der Waals surface area (Å²) in [4.78, 5) is 0. The Labute approximate surface area is 137 Å². The second kappa shape index (κ2) is 5.53. The molecular formula is C22H34. The molecule has 0 amide bonds. The van der Waals surface area contributed by atoms with Gasteiger partial charge in [-0.2, -0.15) is 0 Å². The van der Waals surface area contributed by atoms with Crippen LogP contribution >= 0.6 is 0 Å². The van der Waals surface area contributed by atoms with Crippen molar-refractivity contribution in [2.75, 3.05) is 0 Å². The number of allylic oxidation sites excluding steroid dienone is 4. The molecule has 3 saturated carbocycles. The van der Waals surface area contributed by atoms with Gasteiger partial charge in [-0.15, -0.1) is 0 Å². The van der Waals surface area contributed by atoms with Crippen molar-refractivity contribution >= 4 is 0 Å². The van der Waals surface area contributed by atoms with Crippen LogP contribution in [0.2, 0.25) is 0 Å². The van der Waals surface area contributed by atoms with E-state index in [4.69, 9.17) is 0 Å². The highest BCUT2D eigenvalue weighted by atomic mass is 14.6. The predicted molar refractivity (Wildman–Crippen MR) is 94.6 cm³/mol. The molecule has 0 saturated heterocycles. The molecule has 0 bridgehead atoms. The zero-order chi connectivity index (χ0) is 15.3. The van der Waals surface area contributed by atoms with Gasteiger partial charge >= 0.3 is 0 Å². The normalized spacial score (nSPS) is 41.7. The van der Waals surface area contributed by atoms with E-state index in [2.05, 4.69) is 32.9 Å². The Hall–Kier alpha value is -0.520. The molecule has 4 rings (SSSR count). The Balaban J connectivity index is 1.66. The molecule has 0 aromatic heterocycles. The lowest BCUT2D eigenvalue weighted by Crippen LogP contribution is -2.35. The third kappa shape index (κ3) is 2.24. The van der Waals surface area contributed by atoms with Crippen molar-refractivity contribution in [3.8, 4) is 0 Å². The van der Waals surface area contributed by atoms with E-state index in [-0.39, 0.29) is 0 Å². The van der Waals surface area contributed by atoms with E-state index < -0.39 is 0 Å². The van der Waals surface area contributed by atoms with Crippen molar-refractivity contribution in [1.82, 2.24) is 0 Å². The monoisotopic (exact) mass is 298 g/mol. The molecule has 3 fully saturated rings. The van der Waals surface area contributed by atoms with Gasteiger partial charge in [0, 0.05) is 0 Å². The highest BCUT2D eigenvalue weighted by Crippen LogP contribution is 2.63. The lowest BCUT2D eigenvalue weighted by atomic mass is 9.61. The molecule has 122 valence electrons. The van der Waals surface area contributed by atoms with Crippen LogP contribution in [-0.2, 0) is 0 Å². The molecule has 4 atom stereocenters. The van der Waals surface area contributed by atoms with Crippen LogP contribution in [0.4, 0.5) is 0 Å². The highest BCUT2D eigenvalue weighted by molar-refractivity contribution is 5.34. The van der Waals surface area contributed by atoms with E-state index in [0.29, 0.717) is 5.41 Å². The number of fused-ring (bicyclic) bond motifs is 3. The maximum absolute atomic E-state index is 2.60. The van der Waals surface area contributed by atoms with E-state index in [1.54, 1.807) is 24.0 Å². The summed E-state index contributed by atoms with van der Waals surface area (Å²) in [5.41, 5.74) is 3.73. The third-order valence-corrected chi connectivity index (χ3v) is 7.92. The Bertz CT molecular complexity index is 470. The fourth-order valence-corrected chi connectivity index (χ4v) is 7.04. The van der Waals surface area contributed by atoms with Crippen LogP contribution in [0.15, 0.2) is 23.3 Å². The predicted octanol–water partition coefficient (Wildman–Crippen LogP) is 6.53. The molecule has 0 heterocycles. The van der Waals surface area contributed by atoms with Gasteiger partial charge in [0.25, 0.3) is 0 Å². The molecule has 4 unspecified atom stereocenters.